The van der Waals surface area contributed by atoms with Crippen LogP contribution >= 0.6 is 11.3 Å². The van der Waals surface area contributed by atoms with E-state index in [1.165, 1.54) is 37.3 Å². The Bertz CT molecular complexity index is 1110. The number of carbonyl (C=O) groups excluding carboxylic acids is 4. The molecule has 158 valence electrons. The Kier molecular flexibility index (Phi) is 6.94. The van der Waals surface area contributed by atoms with Gasteiger partial charge in [0, 0.05) is 16.9 Å². The number of hydrogen-bond donors (Lipinski definition) is 2. The monoisotopic (exact) mass is 436 g/mol. The van der Waals surface area contributed by atoms with E-state index in [0.29, 0.717) is 21.8 Å². The lowest BCUT2D eigenvalue weighted by atomic mass is 10.1. The van der Waals surface area contributed by atoms with Crippen LogP contribution in [0, 0.1) is 0 Å². The summed E-state index contributed by atoms with van der Waals surface area (Å²) >= 11 is 1.33. The lowest BCUT2D eigenvalue weighted by Crippen LogP contribution is -2.30. The fraction of sp³-hybridized carbons (Fsp3) is 0.130. The van der Waals surface area contributed by atoms with E-state index in [0.717, 1.165) is 0 Å². The van der Waals surface area contributed by atoms with Crippen molar-refractivity contribution in [2.24, 2.45) is 0 Å². The highest BCUT2D eigenvalue weighted by Crippen LogP contribution is 2.16. The Morgan fingerprint density at radius 1 is 0.871 bits per heavy atom. The maximum Gasteiger partial charge on any atom is 0.338 e. The molecule has 31 heavy (non-hydrogen) atoms. The number of rotatable bonds is 7. The first-order valence-electron chi connectivity index (χ1n) is 9.41. The maximum atomic E-state index is 12.3. The molecular weight excluding hydrogens is 416 g/mol. The van der Waals surface area contributed by atoms with Gasteiger partial charge in [0.05, 0.1) is 10.4 Å². The van der Waals surface area contributed by atoms with Gasteiger partial charge in [-0.25, -0.2) is 4.79 Å². The van der Waals surface area contributed by atoms with Crippen LogP contribution in [0.2, 0.25) is 0 Å². The van der Waals surface area contributed by atoms with E-state index in [-0.39, 0.29) is 17.3 Å². The van der Waals surface area contributed by atoms with Gasteiger partial charge < -0.3 is 15.4 Å². The molecule has 0 spiro atoms. The van der Waals surface area contributed by atoms with Gasteiger partial charge >= 0.3 is 5.97 Å². The first-order valence-corrected chi connectivity index (χ1v) is 10.3. The van der Waals surface area contributed by atoms with Gasteiger partial charge in [0.15, 0.2) is 11.9 Å². The summed E-state index contributed by atoms with van der Waals surface area (Å²) in [6, 6.07) is 16.2. The van der Waals surface area contributed by atoms with Gasteiger partial charge in [-0.3, -0.25) is 14.4 Å². The second kappa shape index (κ2) is 9.82. The third kappa shape index (κ3) is 5.86. The number of ether oxygens (including phenoxy) is 1. The van der Waals surface area contributed by atoms with E-state index < -0.39 is 18.0 Å². The van der Waals surface area contributed by atoms with Crippen LogP contribution in [0.1, 0.15) is 44.2 Å². The van der Waals surface area contributed by atoms with Gasteiger partial charge in [0.25, 0.3) is 11.8 Å². The molecule has 1 unspecified atom stereocenters. The number of esters is 1. The van der Waals surface area contributed by atoms with Crippen molar-refractivity contribution >= 4 is 46.3 Å². The van der Waals surface area contributed by atoms with Gasteiger partial charge in [0.1, 0.15) is 0 Å². The minimum Gasteiger partial charge on any atom is -0.449 e. The van der Waals surface area contributed by atoms with E-state index >= 15 is 0 Å². The molecule has 7 nitrogen and oxygen atoms in total. The molecule has 3 rings (SSSR count). The van der Waals surface area contributed by atoms with Crippen molar-refractivity contribution in [2.75, 3.05) is 10.6 Å². The molecule has 3 aromatic rings. The van der Waals surface area contributed by atoms with Gasteiger partial charge in [-0.15, -0.1) is 11.3 Å². The zero-order valence-electron chi connectivity index (χ0n) is 16.9. The Labute approximate surface area is 183 Å². The lowest BCUT2D eigenvalue weighted by molar-refractivity contribution is -0.123. The summed E-state index contributed by atoms with van der Waals surface area (Å²) in [6.07, 6.45) is -1.05. The maximum absolute atomic E-state index is 12.3. The smallest absolute Gasteiger partial charge is 0.338 e. The molecule has 0 fully saturated rings. The van der Waals surface area contributed by atoms with Crippen LogP contribution in [0.4, 0.5) is 11.4 Å². The molecule has 0 aliphatic carbocycles. The summed E-state index contributed by atoms with van der Waals surface area (Å²) in [5.74, 6) is -1.54. The first-order chi connectivity index (χ1) is 14.8. The molecule has 0 bridgehead atoms. The summed E-state index contributed by atoms with van der Waals surface area (Å²) in [6.45, 7) is 2.89. The second-order valence-electron chi connectivity index (χ2n) is 6.68. The van der Waals surface area contributed by atoms with Gasteiger partial charge in [-0.05, 0) is 61.7 Å². The van der Waals surface area contributed by atoms with E-state index in [1.54, 1.807) is 48.5 Å². The highest BCUT2D eigenvalue weighted by atomic mass is 32.1. The van der Waals surface area contributed by atoms with Crippen LogP contribution in [-0.4, -0.2) is 29.7 Å². The minimum atomic E-state index is -1.05. The molecule has 0 saturated heterocycles. The van der Waals surface area contributed by atoms with Crippen molar-refractivity contribution in [1.82, 2.24) is 0 Å². The third-order valence-corrected chi connectivity index (χ3v) is 5.18. The number of anilines is 2. The van der Waals surface area contributed by atoms with Gasteiger partial charge in [-0.1, -0.05) is 18.2 Å². The Morgan fingerprint density at radius 3 is 2.26 bits per heavy atom. The second-order valence-corrected chi connectivity index (χ2v) is 7.63. The molecule has 0 aliphatic heterocycles. The molecule has 1 heterocycles. The fourth-order valence-electron chi connectivity index (χ4n) is 2.63. The van der Waals surface area contributed by atoms with Crippen molar-refractivity contribution in [1.29, 1.82) is 0 Å². The SMILES string of the molecule is CC(=O)c1cccc(NC(=O)C(C)OC(=O)c2ccc(NC(=O)c3cccs3)cc2)c1. The first kappa shape index (κ1) is 21.9. The number of ketones is 1. The summed E-state index contributed by atoms with van der Waals surface area (Å²) < 4.78 is 5.22. The quantitative estimate of drug-likeness (QED) is 0.423. The lowest BCUT2D eigenvalue weighted by Gasteiger charge is -2.14. The number of hydrogen-bond acceptors (Lipinski definition) is 6. The summed E-state index contributed by atoms with van der Waals surface area (Å²) in [5, 5.41) is 7.17. The summed E-state index contributed by atoms with van der Waals surface area (Å²) in [7, 11) is 0. The molecule has 0 aliphatic rings. The number of thiophene rings is 1. The highest BCUT2D eigenvalue weighted by Gasteiger charge is 2.19. The van der Waals surface area contributed by atoms with E-state index in [9.17, 15) is 19.2 Å². The summed E-state index contributed by atoms with van der Waals surface area (Å²) in [4.78, 5) is 48.8. The van der Waals surface area contributed by atoms with Crippen LogP contribution in [-0.2, 0) is 9.53 Å². The van der Waals surface area contributed by atoms with Crippen LogP contribution in [0.3, 0.4) is 0 Å². The normalized spacial score (nSPS) is 11.3. The predicted octanol–water partition coefficient (Wildman–Crippen LogP) is 4.39. The fourth-order valence-corrected chi connectivity index (χ4v) is 3.25. The molecule has 0 radical (unpaired) electrons. The molecule has 8 heteroatoms. The van der Waals surface area contributed by atoms with Crippen molar-refractivity contribution in [3.63, 3.8) is 0 Å². The average Bonchev–Trinajstić information content (AvgIpc) is 3.29. The van der Waals surface area contributed by atoms with Gasteiger partial charge in [0.2, 0.25) is 0 Å². The van der Waals surface area contributed by atoms with Crippen LogP contribution in [0.25, 0.3) is 0 Å². The molecule has 0 saturated carbocycles. The minimum absolute atomic E-state index is 0.120. The van der Waals surface area contributed by atoms with Crippen LogP contribution in [0.15, 0.2) is 66.0 Å². The number of nitrogens with one attached hydrogen (secondary N) is 2. The number of Topliss-reactive ketones (excluding diaryl/α,β-unsaturated/α-hetero) is 1. The zero-order chi connectivity index (χ0) is 22.4. The molecule has 2 N–H and O–H groups in total. The number of benzene rings is 2. The zero-order valence-corrected chi connectivity index (χ0v) is 17.7. The van der Waals surface area contributed by atoms with Crippen molar-refractivity contribution in [3.05, 3.63) is 82.0 Å². The average molecular weight is 436 g/mol. The largest absolute Gasteiger partial charge is 0.449 e. The molecule has 1 aromatic heterocycles. The molecule has 2 amide bonds. The Balaban J connectivity index is 1.56. The molecule has 2 aromatic carbocycles. The topological polar surface area (TPSA) is 102 Å². The van der Waals surface area contributed by atoms with Crippen molar-refractivity contribution in [2.45, 2.75) is 20.0 Å². The van der Waals surface area contributed by atoms with Gasteiger partial charge in [-0.2, -0.15) is 0 Å². The highest BCUT2D eigenvalue weighted by molar-refractivity contribution is 7.12. The van der Waals surface area contributed by atoms with E-state index in [4.69, 9.17) is 4.74 Å². The molecular formula is C23H20N2O5S. The Hall–Kier alpha value is -3.78. The standard InChI is InChI=1S/C23H20N2O5S/c1-14(26)17-5-3-6-19(13-17)25-21(27)15(2)30-23(29)16-8-10-18(11-9-16)24-22(28)20-7-4-12-31-20/h3-13,15H,1-2H3,(H,24,28)(H,25,27). The number of carbonyl (C=O) groups is 4. The van der Waals surface area contributed by atoms with Crippen LogP contribution in [0.5, 0.6) is 0 Å². The number of amides is 2. The summed E-state index contributed by atoms with van der Waals surface area (Å²) in [5.41, 5.74) is 1.68. The third-order valence-electron chi connectivity index (χ3n) is 4.31. The van der Waals surface area contributed by atoms with E-state index in [2.05, 4.69) is 10.6 Å². The molecule has 1 atom stereocenters. The van der Waals surface area contributed by atoms with Crippen LogP contribution < -0.4 is 10.6 Å². The van der Waals surface area contributed by atoms with Crippen molar-refractivity contribution < 1.29 is 23.9 Å². The Morgan fingerprint density at radius 2 is 1.61 bits per heavy atom. The predicted molar refractivity (Wildman–Crippen MR) is 119 cm³/mol. The van der Waals surface area contributed by atoms with Crippen molar-refractivity contribution in [3.8, 4) is 0 Å². The van der Waals surface area contributed by atoms with E-state index in [1.807, 2.05) is 5.38 Å².